The van der Waals surface area contributed by atoms with Crippen LogP contribution in [0.15, 0.2) is 52.8 Å². The van der Waals surface area contributed by atoms with Gasteiger partial charge in [-0.05, 0) is 25.0 Å². The third-order valence-corrected chi connectivity index (χ3v) is 4.18. The second kappa shape index (κ2) is 16.1. The van der Waals surface area contributed by atoms with Crippen molar-refractivity contribution in [2.24, 2.45) is 39.3 Å². The van der Waals surface area contributed by atoms with Gasteiger partial charge in [0.15, 0.2) is 5.84 Å². The molecule has 0 radical (unpaired) electrons. The highest BCUT2D eigenvalue weighted by atomic mass is 16.4. The molecule has 0 saturated carbocycles. The first-order valence-electron chi connectivity index (χ1n) is 10.4. The van der Waals surface area contributed by atoms with Gasteiger partial charge in [-0.2, -0.15) is 5.10 Å². The van der Waals surface area contributed by atoms with Crippen LogP contribution in [0.2, 0.25) is 0 Å². The highest BCUT2D eigenvalue weighted by molar-refractivity contribution is 5.97. The van der Waals surface area contributed by atoms with E-state index in [1.54, 1.807) is 0 Å². The van der Waals surface area contributed by atoms with E-state index in [0.717, 1.165) is 28.8 Å². The molecule has 0 aliphatic heterocycles. The SMILES string of the molecule is CC.CCCC(C/C(N)=N/N)C(=O)O.Cc1ccc(-c2ccc(/C(N)=N/NN)cc2)nc1. The molecule has 0 spiro atoms. The Morgan fingerprint density at radius 1 is 1.16 bits per heavy atom. The second-order valence-corrected chi connectivity index (χ2v) is 6.57. The smallest absolute Gasteiger partial charge is 0.306 e. The number of aliphatic carboxylic acids is 1. The fourth-order valence-corrected chi connectivity index (χ4v) is 2.55. The number of carboxylic acids is 1. The number of nitrogens with one attached hydrogen (secondary N) is 1. The zero-order chi connectivity index (χ0) is 24.5. The molecule has 0 aliphatic carbocycles. The molecular weight excluding hydrogens is 408 g/mol. The largest absolute Gasteiger partial charge is 0.481 e. The predicted molar refractivity (Wildman–Crippen MR) is 130 cm³/mol. The summed E-state index contributed by atoms with van der Waals surface area (Å²) in [5, 5.41) is 15.6. The molecule has 176 valence electrons. The van der Waals surface area contributed by atoms with Gasteiger partial charge in [-0.3, -0.25) is 9.78 Å². The lowest BCUT2D eigenvalue weighted by atomic mass is 10.00. The molecule has 1 heterocycles. The van der Waals surface area contributed by atoms with Crippen molar-refractivity contribution in [2.45, 2.75) is 47.0 Å². The number of nitrogens with zero attached hydrogens (tertiary/aromatic N) is 3. The highest BCUT2D eigenvalue weighted by Crippen LogP contribution is 2.17. The molecule has 0 fully saturated rings. The maximum atomic E-state index is 10.6. The summed E-state index contributed by atoms with van der Waals surface area (Å²) in [6, 6.07) is 11.7. The van der Waals surface area contributed by atoms with Crippen molar-refractivity contribution >= 4 is 17.6 Å². The zero-order valence-electron chi connectivity index (χ0n) is 19.2. The van der Waals surface area contributed by atoms with Crippen LogP contribution in [0.1, 0.15) is 51.2 Å². The lowest BCUT2D eigenvalue weighted by molar-refractivity contribution is -0.141. The Hall–Kier alpha value is -3.66. The first kappa shape index (κ1) is 28.3. The van der Waals surface area contributed by atoms with Crippen LogP contribution in [0.4, 0.5) is 0 Å². The van der Waals surface area contributed by atoms with E-state index in [-0.39, 0.29) is 12.3 Å². The molecule has 1 aromatic carbocycles. The van der Waals surface area contributed by atoms with Gasteiger partial charge in [0.25, 0.3) is 0 Å². The van der Waals surface area contributed by atoms with Gasteiger partial charge in [-0.25, -0.2) is 11.4 Å². The molecule has 0 amide bonds. The monoisotopic (exact) mass is 444 g/mol. The lowest BCUT2D eigenvalue weighted by Crippen LogP contribution is -2.23. The van der Waals surface area contributed by atoms with Crippen LogP contribution in [0.25, 0.3) is 11.3 Å². The molecule has 10 N–H and O–H groups in total. The van der Waals surface area contributed by atoms with Crippen LogP contribution >= 0.6 is 0 Å². The molecule has 2 rings (SSSR count). The number of aryl methyl sites for hydroxylation is 1. The van der Waals surface area contributed by atoms with E-state index in [0.29, 0.717) is 12.3 Å². The Kier molecular flexibility index (Phi) is 14.2. The summed E-state index contributed by atoms with van der Waals surface area (Å²) in [6.45, 7) is 7.93. The number of hydrogen-bond acceptors (Lipinski definition) is 7. The zero-order valence-corrected chi connectivity index (χ0v) is 19.2. The molecule has 1 aromatic heterocycles. The topological polar surface area (TPSA) is 191 Å². The van der Waals surface area contributed by atoms with Crippen LogP contribution in [0.3, 0.4) is 0 Å². The predicted octanol–water partition coefficient (Wildman–Crippen LogP) is 2.28. The fraction of sp³-hybridized carbons (Fsp3) is 0.364. The standard InChI is InChI=1S/C13H15N5.C7H15N3O2.C2H6/c1-9-2-7-12(16-8-9)10-3-5-11(6-4-10)13(14)17-18-15;1-2-3-5(7(11)12)4-6(8)10-9;1-2/h2-8,18H,15H2,1H3,(H2,14,17);5H,2-4,9H2,1H3,(H2,8,10)(H,11,12);1-2H3. The van der Waals surface area contributed by atoms with E-state index < -0.39 is 11.9 Å². The van der Waals surface area contributed by atoms with Crippen molar-refractivity contribution in [3.63, 3.8) is 0 Å². The Morgan fingerprint density at radius 2 is 1.78 bits per heavy atom. The number of carbonyl (C=O) groups is 1. The molecule has 10 heteroatoms. The molecule has 32 heavy (non-hydrogen) atoms. The molecule has 1 unspecified atom stereocenters. The van der Waals surface area contributed by atoms with Crippen molar-refractivity contribution < 1.29 is 9.90 Å². The van der Waals surface area contributed by atoms with E-state index in [1.807, 2.05) is 70.3 Å². The lowest BCUT2D eigenvalue weighted by Gasteiger charge is -2.09. The van der Waals surface area contributed by atoms with Crippen molar-refractivity contribution in [2.75, 3.05) is 0 Å². The van der Waals surface area contributed by atoms with Gasteiger partial charge in [0.1, 0.15) is 5.84 Å². The summed E-state index contributed by atoms with van der Waals surface area (Å²) < 4.78 is 0. The van der Waals surface area contributed by atoms with Crippen LogP contribution in [-0.4, -0.2) is 27.7 Å². The van der Waals surface area contributed by atoms with Crippen molar-refractivity contribution in [3.05, 3.63) is 53.7 Å². The number of hydrazine groups is 1. The number of benzene rings is 1. The summed E-state index contributed by atoms with van der Waals surface area (Å²) in [5.74, 6) is 9.20. The van der Waals surface area contributed by atoms with Gasteiger partial charge in [-0.15, -0.1) is 5.10 Å². The van der Waals surface area contributed by atoms with Crippen molar-refractivity contribution in [1.82, 2.24) is 10.5 Å². The average molecular weight is 445 g/mol. The molecule has 0 aliphatic rings. The normalized spacial score (nSPS) is 11.9. The summed E-state index contributed by atoms with van der Waals surface area (Å²) in [7, 11) is 0. The average Bonchev–Trinajstić information content (AvgIpc) is 2.81. The van der Waals surface area contributed by atoms with Gasteiger partial charge >= 0.3 is 5.97 Å². The van der Waals surface area contributed by atoms with Gasteiger partial charge in [-0.1, -0.05) is 57.5 Å². The van der Waals surface area contributed by atoms with E-state index in [2.05, 4.69) is 20.7 Å². The Labute approximate surface area is 189 Å². The number of carboxylic acid groups (broad SMARTS) is 1. The quantitative estimate of drug-likeness (QED) is 0.154. The third kappa shape index (κ3) is 10.4. The molecular formula is C22H36N8O2. The minimum Gasteiger partial charge on any atom is -0.481 e. The van der Waals surface area contributed by atoms with Gasteiger partial charge in [0.2, 0.25) is 0 Å². The van der Waals surface area contributed by atoms with Crippen molar-refractivity contribution in [3.8, 4) is 11.3 Å². The van der Waals surface area contributed by atoms with Crippen molar-refractivity contribution in [1.29, 1.82) is 0 Å². The Bertz CT molecular complexity index is 849. The fourth-order valence-electron chi connectivity index (χ4n) is 2.55. The van der Waals surface area contributed by atoms with E-state index in [4.69, 9.17) is 28.3 Å². The number of hydrazone groups is 2. The number of amidine groups is 2. The number of pyridine rings is 1. The molecule has 2 aromatic rings. The van der Waals surface area contributed by atoms with Crippen LogP contribution in [-0.2, 0) is 4.79 Å². The minimum atomic E-state index is -0.844. The number of aromatic nitrogens is 1. The maximum absolute atomic E-state index is 10.6. The van der Waals surface area contributed by atoms with E-state index in [1.165, 1.54) is 0 Å². The van der Waals surface area contributed by atoms with Crippen LogP contribution < -0.4 is 28.7 Å². The first-order chi connectivity index (χ1) is 15.3. The first-order valence-corrected chi connectivity index (χ1v) is 10.4. The molecule has 10 nitrogen and oxygen atoms in total. The second-order valence-electron chi connectivity index (χ2n) is 6.57. The summed E-state index contributed by atoms with van der Waals surface area (Å²) in [5.41, 5.74) is 17.1. The van der Waals surface area contributed by atoms with Crippen LogP contribution in [0, 0.1) is 12.8 Å². The summed E-state index contributed by atoms with van der Waals surface area (Å²) in [4.78, 5) is 15.0. The molecule has 1 atom stereocenters. The Balaban J connectivity index is 0.000000602. The Morgan fingerprint density at radius 3 is 2.22 bits per heavy atom. The van der Waals surface area contributed by atoms with E-state index >= 15 is 0 Å². The van der Waals surface area contributed by atoms with Crippen LogP contribution in [0.5, 0.6) is 0 Å². The molecule has 0 saturated heterocycles. The highest BCUT2D eigenvalue weighted by Gasteiger charge is 2.17. The third-order valence-electron chi connectivity index (χ3n) is 4.18. The van der Waals surface area contributed by atoms with Gasteiger partial charge in [0.05, 0.1) is 11.6 Å². The minimum absolute atomic E-state index is 0.191. The number of hydrogen-bond donors (Lipinski definition) is 6. The van der Waals surface area contributed by atoms with Gasteiger partial charge < -0.3 is 22.4 Å². The van der Waals surface area contributed by atoms with Gasteiger partial charge in [0, 0.05) is 23.7 Å². The molecule has 0 bridgehead atoms. The maximum Gasteiger partial charge on any atom is 0.306 e. The summed E-state index contributed by atoms with van der Waals surface area (Å²) in [6.07, 6.45) is 3.50. The number of nitrogens with two attached hydrogens (primary N) is 4. The van der Waals surface area contributed by atoms with E-state index in [9.17, 15) is 4.79 Å². The number of rotatable bonds is 8. The summed E-state index contributed by atoms with van der Waals surface area (Å²) >= 11 is 0.